The summed E-state index contributed by atoms with van der Waals surface area (Å²) in [6, 6.07) is 10.1. The maximum absolute atomic E-state index is 6.08. The number of aromatic nitrogens is 2. The van der Waals surface area contributed by atoms with E-state index in [2.05, 4.69) is 38.6 Å². The molecule has 0 aliphatic carbocycles. The smallest absolute Gasteiger partial charge is 0.155 e. The summed E-state index contributed by atoms with van der Waals surface area (Å²) in [5.41, 5.74) is 5.13. The lowest BCUT2D eigenvalue weighted by Crippen LogP contribution is -2.24. The van der Waals surface area contributed by atoms with Gasteiger partial charge in [0.2, 0.25) is 0 Å². The normalized spacial score (nSPS) is 14.0. The number of rotatable bonds is 3. The number of nitrogens with one attached hydrogen (secondary N) is 2. The van der Waals surface area contributed by atoms with Crippen LogP contribution >= 0.6 is 23.5 Å². The molecule has 0 radical (unpaired) electrons. The number of hydrogen-bond donors (Lipinski definition) is 2. The Labute approximate surface area is 136 Å². The van der Waals surface area contributed by atoms with Gasteiger partial charge in [-0.15, -0.1) is 0 Å². The van der Waals surface area contributed by atoms with Crippen LogP contribution in [-0.2, 0) is 13.0 Å². The van der Waals surface area contributed by atoms with Crippen molar-refractivity contribution in [1.29, 1.82) is 0 Å². The third-order valence-corrected chi connectivity index (χ3v) is 4.92. The minimum Gasteiger partial charge on any atom is -0.325 e. The summed E-state index contributed by atoms with van der Waals surface area (Å²) in [4.78, 5) is 0.937. The molecule has 112 valence electrons. The van der Waals surface area contributed by atoms with E-state index in [0.29, 0.717) is 16.1 Å². The third-order valence-electron chi connectivity index (χ3n) is 3.74. The highest BCUT2D eigenvalue weighted by Gasteiger charge is 2.14. The lowest BCUT2D eigenvalue weighted by Gasteiger charge is -2.20. The molecule has 22 heavy (non-hydrogen) atoms. The van der Waals surface area contributed by atoms with Gasteiger partial charge < -0.3 is 10.0 Å². The Hall–Kier alpha value is -1.76. The van der Waals surface area contributed by atoms with E-state index < -0.39 is 0 Å². The van der Waals surface area contributed by atoms with Crippen LogP contribution in [-0.4, -0.2) is 16.9 Å². The predicted molar refractivity (Wildman–Crippen MR) is 88.1 cm³/mol. The Kier molecular flexibility index (Phi) is 3.65. The van der Waals surface area contributed by atoms with Crippen LogP contribution in [0.2, 0.25) is 5.02 Å². The van der Waals surface area contributed by atoms with Gasteiger partial charge in [-0.3, -0.25) is 0 Å². The molecule has 0 bridgehead atoms. The first kappa shape index (κ1) is 13.9. The van der Waals surface area contributed by atoms with Crippen LogP contribution in [0, 0.1) is 0 Å². The zero-order valence-corrected chi connectivity index (χ0v) is 13.2. The van der Waals surface area contributed by atoms with Crippen molar-refractivity contribution in [3.8, 4) is 0 Å². The van der Waals surface area contributed by atoms with E-state index in [1.807, 2.05) is 12.1 Å². The van der Waals surface area contributed by atoms with Crippen molar-refractivity contribution in [2.75, 3.05) is 11.3 Å². The molecule has 2 N–H and O–H groups in total. The van der Waals surface area contributed by atoms with Gasteiger partial charge in [0.05, 0.1) is 9.92 Å². The molecule has 7 heteroatoms. The number of halogens is 1. The van der Waals surface area contributed by atoms with Crippen molar-refractivity contribution in [3.63, 3.8) is 0 Å². The lowest BCUT2D eigenvalue weighted by atomic mass is 9.99. The number of hydrogen-bond acceptors (Lipinski definition) is 6. The molecule has 0 fully saturated rings. The van der Waals surface area contributed by atoms with Gasteiger partial charge in [-0.1, -0.05) is 23.7 Å². The summed E-state index contributed by atoms with van der Waals surface area (Å²) < 4.78 is 8.22. The van der Waals surface area contributed by atoms with Gasteiger partial charge in [-0.25, -0.2) is 4.63 Å². The van der Waals surface area contributed by atoms with E-state index in [9.17, 15) is 0 Å². The molecule has 0 amide bonds. The predicted octanol–water partition coefficient (Wildman–Crippen LogP) is 3.64. The highest BCUT2D eigenvalue weighted by Crippen LogP contribution is 2.32. The van der Waals surface area contributed by atoms with Crippen molar-refractivity contribution >= 4 is 40.3 Å². The second-order valence-electron chi connectivity index (χ2n) is 5.08. The van der Waals surface area contributed by atoms with E-state index in [0.717, 1.165) is 30.1 Å². The zero-order valence-electron chi connectivity index (χ0n) is 11.6. The van der Waals surface area contributed by atoms with Gasteiger partial charge in [0.25, 0.3) is 0 Å². The average Bonchev–Trinajstić information content (AvgIpc) is 3.05. The van der Waals surface area contributed by atoms with E-state index >= 15 is 0 Å². The molecule has 1 aliphatic rings. The summed E-state index contributed by atoms with van der Waals surface area (Å²) in [6.45, 7) is 1.93. The molecular formula is C15H13ClN4OS. The molecule has 1 aliphatic heterocycles. The van der Waals surface area contributed by atoms with Crippen LogP contribution < -0.4 is 10.0 Å². The molecule has 2 aromatic carbocycles. The number of benzene rings is 2. The van der Waals surface area contributed by atoms with Crippen LogP contribution in [0.15, 0.2) is 39.9 Å². The van der Waals surface area contributed by atoms with Crippen molar-refractivity contribution < 1.29 is 4.63 Å². The first-order valence-corrected chi connectivity index (χ1v) is 8.17. The number of nitrogens with zero attached hydrogens (tertiary/aromatic N) is 2. The summed E-state index contributed by atoms with van der Waals surface area (Å²) >= 11 is 7.58. The van der Waals surface area contributed by atoms with E-state index in [-0.39, 0.29) is 0 Å². The summed E-state index contributed by atoms with van der Waals surface area (Å²) in [6.07, 6.45) is 1.03. The van der Waals surface area contributed by atoms with Crippen LogP contribution in [0.3, 0.4) is 0 Å². The van der Waals surface area contributed by atoms with Crippen LogP contribution in [0.1, 0.15) is 11.1 Å². The lowest BCUT2D eigenvalue weighted by molar-refractivity contribution is 0.315. The molecule has 5 nitrogen and oxygen atoms in total. The molecule has 2 heterocycles. The van der Waals surface area contributed by atoms with Crippen LogP contribution in [0.5, 0.6) is 0 Å². The highest BCUT2D eigenvalue weighted by atomic mass is 35.5. The minimum absolute atomic E-state index is 0.545. The SMILES string of the molecule is Clc1ccc(SNc2cccc3c2CCNC3)c2nonc12. The monoisotopic (exact) mass is 332 g/mol. The first-order valence-electron chi connectivity index (χ1n) is 6.98. The zero-order chi connectivity index (χ0) is 14.9. The maximum atomic E-state index is 6.08. The molecule has 1 aromatic heterocycles. The number of fused-ring (bicyclic) bond motifs is 2. The fourth-order valence-corrected chi connectivity index (χ4v) is 3.60. The topological polar surface area (TPSA) is 63.0 Å². The molecule has 0 atom stereocenters. The largest absolute Gasteiger partial charge is 0.325 e. The quantitative estimate of drug-likeness (QED) is 0.714. The second-order valence-corrected chi connectivity index (χ2v) is 6.34. The van der Waals surface area contributed by atoms with Crippen molar-refractivity contribution in [2.45, 2.75) is 17.9 Å². The highest BCUT2D eigenvalue weighted by molar-refractivity contribution is 8.00. The van der Waals surface area contributed by atoms with Crippen molar-refractivity contribution in [2.24, 2.45) is 0 Å². The fraction of sp³-hybridized carbons (Fsp3) is 0.200. The van der Waals surface area contributed by atoms with Gasteiger partial charge >= 0.3 is 0 Å². The molecule has 0 saturated carbocycles. The van der Waals surface area contributed by atoms with Gasteiger partial charge in [0.1, 0.15) is 0 Å². The Bertz CT molecular complexity index is 836. The maximum Gasteiger partial charge on any atom is 0.155 e. The van der Waals surface area contributed by atoms with Crippen LogP contribution in [0.25, 0.3) is 11.0 Å². The molecule has 3 aromatic rings. The summed E-state index contributed by atoms with van der Waals surface area (Å²) in [5, 5.41) is 11.7. The van der Waals surface area contributed by atoms with E-state index in [4.69, 9.17) is 16.2 Å². The number of anilines is 1. The Morgan fingerprint density at radius 3 is 3.05 bits per heavy atom. The Balaban J connectivity index is 1.62. The van der Waals surface area contributed by atoms with Crippen LogP contribution in [0.4, 0.5) is 5.69 Å². The Morgan fingerprint density at radius 1 is 1.18 bits per heavy atom. The molecule has 0 unspecified atom stereocenters. The average molecular weight is 333 g/mol. The van der Waals surface area contributed by atoms with Crippen molar-refractivity contribution in [1.82, 2.24) is 15.6 Å². The summed E-state index contributed by atoms with van der Waals surface area (Å²) in [5.74, 6) is 0. The molecule has 0 saturated heterocycles. The molecular weight excluding hydrogens is 320 g/mol. The third kappa shape index (κ3) is 2.43. The second kappa shape index (κ2) is 5.79. The van der Waals surface area contributed by atoms with E-state index in [1.54, 1.807) is 0 Å². The minimum atomic E-state index is 0.545. The standard InChI is InChI=1S/C15H13ClN4OS/c16-11-4-5-13(15-14(11)18-21-19-15)22-20-12-3-1-2-9-8-17-7-6-10(9)12/h1-5,17,20H,6-8H2. The van der Waals surface area contributed by atoms with Crippen molar-refractivity contribution in [3.05, 3.63) is 46.5 Å². The van der Waals surface area contributed by atoms with Gasteiger partial charge in [0, 0.05) is 12.2 Å². The van der Waals surface area contributed by atoms with Gasteiger partial charge in [-0.2, -0.15) is 0 Å². The van der Waals surface area contributed by atoms with E-state index in [1.165, 1.54) is 23.1 Å². The molecule has 4 rings (SSSR count). The Morgan fingerprint density at radius 2 is 2.09 bits per heavy atom. The fourth-order valence-electron chi connectivity index (χ4n) is 2.63. The van der Waals surface area contributed by atoms with Gasteiger partial charge in [0.15, 0.2) is 11.0 Å². The van der Waals surface area contributed by atoms with Gasteiger partial charge in [-0.05, 0) is 64.6 Å². The summed E-state index contributed by atoms with van der Waals surface area (Å²) in [7, 11) is 0. The molecule has 0 spiro atoms. The first-order chi connectivity index (χ1) is 10.8.